The monoisotopic (exact) mass is 351 g/mol. The molecule has 132 valence electrons. The van der Waals surface area contributed by atoms with E-state index in [9.17, 15) is 10.1 Å². The third-order valence-corrected chi connectivity index (χ3v) is 3.57. The number of nitro groups is 1. The van der Waals surface area contributed by atoms with Crippen LogP contribution in [0.4, 0.5) is 17.3 Å². The Balaban J connectivity index is 2.32. The van der Waals surface area contributed by atoms with Crippen molar-refractivity contribution in [2.75, 3.05) is 23.3 Å². The van der Waals surface area contributed by atoms with Gasteiger partial charge in [0.2, 0.25) is 11.6 Å². The van der Waals surface area contributed by atoms with E-state index in [1.54, 1.807) is 4.90 Å². The van der Waals surface area contributed by atoms with Crippen LogP contribution in [-0.2, 0) is 6.54 Å². The van der Waals surface area contributed by atoms with Gasteiger partial charge >= 0.3 is 5.69 Å². The van der Waals surface area contributed by atoms with Crippen molar-refractivity contribution in [1.82, 2.24) is 9.97 Å². The van der Waals surface area contributed by atoms with Crippen LogP contribution in [-0.4, -0.2) is 28.0 Å². The first-order valence-corrected chi connectivity index (χ1v) is 7.93. The van der Waals surface area contributed by atoms with Crippen molar-refractivity contribution >= 4 is 17.3 Å². The minimum absolute atomic E-state index is 0.0998. The molecule has 2 aromatic rings. The summed E-state index contributed by atoms with van der Waals surface area (Å²) in [5.74, 6) is 0.203. The van der Waals surface area contributed by atoms with Crippen LogP contribution in [0.5, 0.6) is 0 Å². The van der Waals surface area contributed by atoms with E-state index in [0.717, 1.165) is 5.56 Å². The molecule has 0 saturated heterocycles. The fourth-order valence-corrected chi connectivity index (χ4v) is 2.37. The molecule has 1 heterocycles. The lowest BCUT2D eigenvalue weighted by Gasteiger charge is -2.21. The molecule has 9 nitrogen and oxygen atoms in total. The maximum atomic E-state index is 11.6. The average Bonchev–Trinajstić information content (AvgIpc) is 2.67. The number of nitrogens with one attached hydrogen (secondary N) is 1. The Bertz CT molecular complexity index is 809. The Labute approximate surface area is 150 Å². The Kier molecular flexibility index (Phi) is 6.83. The number of benzene rings is 1. The molecule has 2 rings (SSSR count). The average molecular weight is 351 g/mol. The van der Waals surface area contributed by atoms with Gasteiger partial charge in [-0.25, -0.2) is 9.97 Å². The molecule has 1 N–H and O–H groups in total. The lowest BCUT2D eigenvalue weighted by molar-refractivity contribution is -0.383. The molecule has 0 aliphatic heterocycles. The van der Waals surface area contributed by atoms with Crippen molar-refractivity contribution in [2.45, 2.75) is 19.4 Å². The summed E-state index contributed by atoms with van der Waals surface area (Å²) in [5, 5.41) is 32.2. The van der Waals surface area contributed by atoms with Crippen LogP contribution in [0.15, 0.2) is 36.7 Å². The molecule has 0 saturated carbocycles. The number of hydrogen-bond acceptors (Lipinski definition) is 8. The van der Waals surface area contributed by atoms with E-state index in [0.29, 0.717) is 6.54 Å². The van der Waals surface area contributed by atoms with Crippen LogP contribution < -0.4 is 10.2 Å². The first-order valence-electron chi connectivity index (χ1n) is 7.93. The summed E-state index contributed by atoms with van der Waals surface area (Å²) in [5.41, 5.74) is 0.687. The van der Waals surface area contributed by atoms with E-state index in [1.165, 1.54) is 6.33 Å². The van der Waals surface area contributed by atoms with Crippen molar-refractivity contribution in [1.29, 1.82) is 10.5 Å². The normalized spacial score (nSPS) is 9.77. The van der Waals surface area contributed by atoms with Gasteiger partial charge in [-0.3, -0.25) is 10.1 Å². The Hall–Kier alpha value is -3.72. The van der Waals surface area contributed by atoms with E-state index in [-0.39, 0.29) is 43.3 Å². The molecule has 0 unspecified atom stereocenters. The highest BCUT2D eigenvalue weighted by Gasteiger charge is 2.26. The van der Waals surface area contributed by atoms with E-state index in [1.807, 2.05) is 42.5 Å². The fraction of sp³-hybridized carbons (Fsp3) is 0.294. The lowest BCUT2D eigenvalue weighted by Crippen LogP contribution is -2.27. The van der Waals surface area contributed by atoms with Gasteiger partial charge in [0.25, 0.3) is 0 Å². The van der Waals surface area contributed by atoms with Crippen LogP contribution in [0.2, 0.25) is 0 Å². The smallest absolute Gasteiger partial charge is 0.353 e. The summed E-state index contributed by atoms with van der Waals surface area (Å²) in [7, 11) is 0. The molecule has 0 aliphatic rings. The number of aromatic nitrogens is 2. The van der Waals surface area contributed by atoms with Crippen LogP contribution >= 0.6 is 0 Å². The number of hydrogen-bond donors (Lipinski definition) is 1. The number of nitriles is 2. The number of anilines is 2. The topological polar surface area (TPSA) is 132 Å². The van der Waals surface area contributed by atoms with Gasteiger partial charge < -0.3 is 10.2 Å². The molecule has 0 amide bonds. The zero-order valence-electron chi connectivity index (χ0n) is 14.0. The van der Waals surface area contributed by atoms with E-state index < -0.39 is 4.92 Å². The number of rotatable bonds is 9. The zero-order chi connectivity index (χ0) is 18.8. The summed E-state index contributed by atoms with van der Waals surface area (Å²) >= 11 is 0. The Morgan fingerprint density at radius 2 is 1.77 bits per heavy atom. The summed E-state index contributed by atoms with van der Waals surface area (Å²) in [6, 6.07) is 13.4. The molecule has 0 atom stereocenters. The van der Waals surface area contributed by atoms with E-state index in [4.69, 9.17) is 10.5 Å². The zero-order valence-corrected chi connectivity index (χ0v) is 14.0. The highest BCUT2D eigenvalue weighted by atomic mass is 16.6. The van der Waals surface area contributed by atoms with Crippen LogP contribution in [0, 0.1) is 32.8 Å². The summed E-state index contributed by atoms with van der Waals surface area (Å²) < 4.78 is 0. The molecule has 0 aliphatic carbocycles. The highest BCUT2D eigenvalue weighted by Crippen LogP contribution is 2.32. The number of nitrogens with zero attached hydrogens (tertiary/aromatic N) is 6. The molecular weight excluding hydrogens is 334 g/mol. The van der Waals surface area contributed by atoms with Gasteiger partial charge in [0.1, 0.15) is 6.33 Å². The predicted molar refractivity (Wildman–Crippen MR) is 95.1 cm³/mol. The third kappa shape index (κ3) is 4.89. The summed E-state index contributed by atoms with van der Waals surface area (Å²) in [6.07, 6.45) is 1.57. The van der Waals surface area contributed by atoms with Crippen LogP contribution in [0.25, 0.3) is 0 Å². The third-order valence-electron chi connectivity index (χ3n) is 3.57. The van der Waals surface area contributed by atoms with Crippen LogP contribution in [0.1, 0.15) is 18.4 Å². The SMILES string of the molecule is N#CCCN(CCC#N)c1ncnc(NCc2ccccc2)c1[N+](=O)[O-]. The van der Waals surface area contributed by atoms with Gasteiger partial charge in [-0.2, -0.15) is 10.5 Å². The minimum Gasteiger partial charge on any atom is -0.360 e. The van der Waals surface area contributed by atoms with Crippen molar-refractivity contribution < 1.29 is 4.92 Å². The molecule has 1 aromatic heterocycles. The molecule has 0 bridgehead atoms. The first-order chi connectivity index (χ1) is 12.7. The second kappa shape index (κ2) is 9.55. The van der Waals surface area contributed by atoms with Crippen molar-refractivity contribution in [3.63, 3.8) is 0 Å². The van der Waals surface area contributed by atoms with Crippen molar-refractivity contribution in [3.8, 4) is 12.1 Å². The Morgan fingerprint density at radius 3 is 2.35 bits per heavy atom. The van der Waals surface area contributed by atoms with Gasteiger partial charge in [-0.15, -0.1) is 0 Å². The maximum Gasteiger partial charge on any atom is 0.353 e. The fourth-order valence-electron chi connectivity index (χ4n) is 2.37. The lowest BCUT2D eigenvalue weighted by atomic mass is 10.2. The quantitative estimate of drug-likeness (QED) is 0.538. The van der Waals surface area contributed by atoms with Crippen molar-refractivity contribution in [2.24, 2.45) is 0 Å². The maximum absolute atomic E-state index is 11.6. The van der Waals surface area contributed by atoms with Gasteiger partial charge in [0.05, 0.1) is 29.9 Å². The molecular formula is C17H17N7O2. The van der Waals surface area contributed by atoms with E-state index >= 15 is 0 Å². The summed E-state index contributed by atoms with van der Waals surface area (Å²) in [4.78, 5) is 20.7. The van der Waals surface area contributed by atoms with Gasteiger partial charge in [0.15, 0.2) is 0 Å². The van der Waals surface area contributed by atoms with Gasteiger partial charge in [-0.1, -0.05) is 30.3 Å². The molecule has 1 aromatic carbocycles. The van der Waals surface area contributed by atoms with Gasteiger partial charge in [0, 0.05) is 19.6 Å². The predicted octanol–water partition coefficient (Wildman–Crippen LogP) is 2.63. The summed E-state index contributed by atoms with van der Waals surface area (Å²) in [6.45, 7) is 0.858. The largest absolute Gasteiger partial charge is 0.360 e. The molecule has 9 heteroatoms. The standard InChI is InChI=1S/C17H17N7O2/c18-8-4-10-23(11-5-9-19)17-15(24(25)26)16(21-13-22-17)20-12-14-6-2-1-3-7-14/h1-3,6-7,13H,4-5,10-12H2,(H,20,21,22). The second-order valence-electron chi connectivity index (χ2n) is 5.29. The highest BCUT2D eigenvalue weighted by molar-refractivity contribution is 5.70. The Morgan fingerprint density at radius 1 is 1.12 bits per heavy atom. The van der Waals surface area contributed by atoms with Gasteiger partial charge in [-0.05, 0) is 5.56 Å². The first kappa shape index (κ1) is 18.6. The molecule has 0 fully saturated rings. The molecule has 0 spiro atoms. The van der Waals surface area contributed by atoms with Crippen LogP contribution in [0.3, 0.4) is 0 Å². The molecule has 0 radical (unpaired) electrons. The second-order valence-corrected chi connectivity index (χ2v) is 5.29. The van der Waals surface area contributed by atoms with Crippen molar-refractivity contribution in [3.05, 3.63) is 52.3 Å². The van der Waals surface area contributed by atoms with E-state index in [2.05, 4.69) is 15.3 Å². The minimum atomic E-state index is -0.547. The molecule has 26 heavy (non-hydrogen) atoms.